The van der Waals surface area contributed by atoms with E-state index in [1.54, 1.807) is 7.11 Å². The Balaban J connectivity index is 2.69. The molecule has 0 saturated heterocycles. The molecule has 1 N–H and O–H groups in total. The predicted octanol–water partition coefficient (Wildman–Crippen LogP) is 1.98. The molecule has 0 aliphatic rings. The molecule has 1 unspecified atom stereocenters. The number of aromatic nitrogens is 2. The Morgan fingerprint density at radius 3 is 2.81 bits per heavy atom. The van der Waals surface area contributed by atoms with E-state index in [4.69, 9.17) is 21.1 Å². The smallest absolute Gasteiger partial charge is 0.198 e. The quantitative estimate of drug-likeness (QED) is 0.777. The second-order valence-electron chi connectivity index (χ2n) is 3.37. The van der Waals surface area contributed by atoms with E-state index >= 15 is 0 Å². The van der Waals surface area contributed by atoms with E-state index < -0.39 is 0 Å². The third kappa shape index (κ3) is 3.50. The highest BCUT2D eigenvalue weighted by atomic mass is 35.5. The lowest BCUT2D eigenvalue weighted by Gasteiger charge is -2.16. The maximum atomic E-state index is 5.88. The minimum Gasteiger partial charge on any atom is -0.490 e. The monoisotopic (exact) mass is 245 g/mol. The fraction of sp³-hybridized carbons (Fsp3) is 0.600. The molecule has 90 valence electrons. The number of halogens is 1. The number of hydrogen-bond donors (Lipinski definition) is 1. The van der Waals surface area contributed by atoms with Crippen LogP contribution in [0.5, 0.6) is 5.75 Å². The van der Waals surface area contributed by atoms with Crippen molar-refractivity contribution in [2.75, 3.05) is 26.1 Å². The molecule has 0 saturated carbocycles. The number of anilines is 1. The van der Waals surface area contributed by atoms with Crippen LogP contribution in [0.4, 0.5) is 5.82 Å². The summed E-state index contributed by atoms with van der Waals surface area (Å²) in [5.74, 6) is 1.07. The molecule has 1 rings (SSSR count). The molecule has 1 aromatic heterocycles. The third-order valence-electron chi connectivity index (χ3n) is 2.10. The molecule has 0 aliphatic heterocycles. The van der Waals surface area contributed by atoms with E-state index in [0.29, 0.717) is 23.3 Å². The molecule has 16 heavy (non-hydrogen) atoms. The zero-order valence-electron chi connectivity index (χ0n) is 9.66. The van der Waals surface area contributed by atoms with Gasteiger partial charge in [-0.3, -0.25) is 0 Å². The lowest BCUT2D eigenvalue weighted by molar-refractivity contribution is 0.191. The van der Waals surface area contributed by atoms with Crippen molar-refractivity contribution in [1.29, 1.82) is 0 Å². The van der Waals surface area contributed by atoms with Gasteiger partial charge in [0.1, 0.15) is 6.33 Å². The first-order chi connectivity index (χ1) is 7.69. The van der Waals surface area contributed by atoms with Gasteiger partial charge in [0.15, 0.2) is 16.7 Å². The Morgan fingerprint density at radius 1 is 1.44 bits per heavy atom. The average Bonchev–Trinajstić information content (AvgIpc) is 2.27. The van der Waals surface area contributed by atoms with Gasteiger partial charge >= 0.3 is 0 Å². The van der Waals surface area contributed by atoms with Gasteiger partial charge < -0.3 is 14.8 Å². The van der Waals surface area contributed by atoms with Gasteiger partial charge in [-0.2, -0.15) is 0 Å². The minimum atomic E-state index is 0.222. The molecular formula is C10H16ClN3O2. The van der Waals surface area contributed by atoms with Gasteiger partial charge in [0.05, 0.1) is 7.11 Å². The Hall–Kier alpha value is -1.07. The van der Waals surface area contributed by atoms with Gasteiger partial charge in [0.25, 0.3) is 0 Å². The van der Waals surface area contributed by atoms with E-state index in [2.05, 4.69) is 15.3 Å². The van der Waals surface area contributed by atoms with Crippen LogP contribution >= 0.6 is 11.6 Å². The van der Waals surface area contributed by atoms with Gasteiger partial charge in [0.2, 0.25) is 0 Å². The molecule has 1 atom stereocenters. The van der Waals surface area contributed by atoms with Gasteiger partial charge in [-0.15, -0.1) is 0 Å². The van der Waals surface area contributed by atoms with Crippen LogP contribution < -0.4 is 10.1 Å². The van der Waals surface area contributed by atoms with Crippen LogP contribution in [-0.4, -0.2) is 36.8 Å². The molecular weight excluding hydrogens is 230 g/mol. The second kappa shape index (κ2) is 6.50. The van der Waals surface area contributed by atoms with Crippen molar-refractivity contribution in [3.05, 3.63) is 11.5 Å². The van der Waals surface area contributed by atoms with Crippen LogP contribution in [0.25, 0.3) is 0 Å². The molecule has 5 nitrogen and oxygen atoms in total. The fourth-order valence-corrected chi connectivity index (χ4v) is 1.45. The van der Waals surface area contributed by atoms with Crippen LogP contribution in [0.3, 0.4) is 0 Å². The zero-order chi connectivity index (χ0) is 12.0. The minimum absolute atomic E-state index is 0.222. The van der Waals surface area contributed by atoms with Crippen LogP contribution in [0.15, 0.2) is 6.33 Å². The standard InChI is InChI=1S/C10H16ClN3O2/c1-7(4-5-15-2)14-10-8(16-3)9(11)12-6-13-10/h6-7H,4-5H2,1-3H3,(H,12,13,14). The van der Waals surface area contributed by atoms with Crippen LogP contribution in [0, 0.1) is 0 Å². The maximum Gasteiger partial charge on any atom is 0.198 e. The van der Waals surface area contributed by atoms with E-state index in [-0.39, 0.29) is 6.04 Å². The largest absolute Gasteiger partial charge is 0.490 e. The summed E-state index contributed by atoms with van der Waals surface area (Å²) < 4.78 is 10.1. The molecule has 0 aromatic carbocycles. The number of ether oxygens (including phenoxy) is 2. The molecule has 1 heterocycles. The first kappa shape index (κ1) is 13.0. The number of rotatable bonds is 6. The molecule has 0 spiro atoms. The topological polar surface area (TPSA) is 56.3 Å². The Morgan fingerprint density at radius 2 is 2.19 bits per heavy atom. The fourth-order valence-electron chi connectivity index (χ4n) is 1.24. The SMILES string of the molecule is COCCC(C)Nc1ncnc(Cl)c1OC. The van der Waals surface area contributed by atoms with Crippen LogP contribution in [0.2, 0.25) is 5.15 Å². The summed E-state index contributed by atoms with van der Waals surface area (Å²) in [6, 6.07) is 0.222. The van der Waals surface area contributed by atoms with Crippen molar-refractivity contribution in [2.24, 2.45) is 0 Å². The van der Waals surface area contributed by atoms with Crippen molar-refractivity contribution in [3.8, 4) is 5.75 Å². The normalized spacial score (nSPS) is 12.2. The summed E-state index contributed by atoms with van der Waals surface area (Å²) in [5.41, 5.74) is 0. The molecule has 0 aliphatic carbocycles. The molecule has 1 aromatic rings. The average molecular weight is 246 g/mol. The summed E-state index contributed by atoms with van der Waals surface area (Å²) in [6.07, 6.45) is 2.28. The first-order valence-corrected chi connectivity index (χ1v) is 5.36. The third-order valence-corrected chi connectivity index (χ3v) is 2.37. The lowest BCUT2D eigenvalue weighted by Crippen LogP contribution is -2.18. The van der Waals surface area contributed by atoms with Crippen molar-refractivity contribution in [3.63, 3.8) is 0 Å². The number of methoxy groups -OCH3 is 2. The first-order valence-electron chi connectivity index (χ1n) is 4.99. The molecule has 0 radical (unpaired) electrons. The van der Waals surface area contributed by atoms with E-state index in [1.807, 2.05) is 6.92 Å². The maximum absolute atomic E-state index is 5.88. The van der Waals surface area contributed by atoms with Gasteiger partial charge in [-0.05, 0) is 13.3 Å². The Bertz CT molecular complexity index is 336. The molecule has 6 heteroatoms. The second-order valence-corrected chi connectivity index (χ2v) is 3.73. The highest BCUT2D eigenvalue weighted by Crippen LogP contribution is 2.28. The van der Waals surface area contributed by atoms with Crippen LogP contribution in [0.1, 0.15) is 13.3 Å². The van der Waals surface area contributed by atoms with E-state index in [9.17, 15) is 0 Å². The van der Waals surface area contributed by atoms with Gasteiger partial charge in [-0.25, -0.2) is 9.97 Å². The highest BCUT2D eigenvalue weighted by Gasteiger charge is 2.12. The van der Waals surface area contributed by atoms with E-state index in [0.717, 1.165) is 6.42 Å². The van der Waals surface area contributed by atoms with Crippen molar-refractivity contribution in [1.82, 2.24) is 9.97 Å². The van der Waals surface area contributed by atoms with Gasteiger partial charge in [-0.1, -0.05) is 11.6 Å². The van der Waals surface area contributed by atoms with Crippen molar-refractivity contribution >= 4 is 17.4 Å². The summed E-state index contributed by atoms with van der Waals surface area (Å²) in [5, 5.41) is 3.50. The molecule has 0 bridgehead atoms. The summed E-state index contributed by atoms with van der Waals surface area (Å²) >= 11 is 5.88. The number of nitrogens with zero attached hydrogens (tertiary/aromatic N) is 2. The Labute approximate surface area is 100 Å². The van der Waals surface area contributed by atoms with Crippen molar-refractivity contribution < 1.29 is 9.47 Å². The van der Waals surface area contributed by atoms with Crippen molar-refractivity contribution in [2.45, 2.75) is 19.4 Å². The predicted molar refractivity (Wildman–Crippen MR) is 63.2 cm³/mol. The van der Waals surface area contributed by atoms with Crippen LogP contribution in [-0.2, 0) is 4.74 Å². The Kier molecular flexibility index (Phi) is 5.28. The summed E-state index contributed by atoms with van der Waals surface area (Å²) in [6.45, 7) is 2.73. The lowest BCUT2D eigenvalue weighted by atomic mass is 10.2. The zero-order valence-corrected chi connectivity index (χ0v) is 10.4. The van der Waals surface area contributed by atoms with E-state index in [1.165, 1.54) is 13.4 Å². The summed E-state index contributed by atoms with van der Waals surface area (Å²) in [4.78, 5) is 7.93. The molecule has 0 fully saturated rings. The highest BCUT2D eigenvalue weighted by molar-refractivity contribution is 6.31. The number of hydrogen-bond acceptors (Lipinski definition) is 5. The summed E-state index contributed by atoms with van der Waals surface area (Å²) in [7, 11) is 3.21. The molecule has 0 amide bonds. The van der Waals surface area contributed by atoms with Gasteiger partial charge in [0, 0.05) is 19.8 Å². The number of nitrogens with one attached hydrogen (secondary N) is 1.